The molecule has 100 valence electrons. The van der Waals surface area contributed by atoms with Crippen LogP contribution in [0, 0.1) is 3.57 Å². The summed E-state index contributed by atoms with van der Waals surface area (Å²) in [6, 6.07) is 12.8. The fraction of sp³-hybridized carbons (Fsp3) is 0. The van der Waals surface area contributed by atoms with E-state index in [1.165, 1.54) is 4.57 Å². The van der Waals surface area contributed by atoms with Crippen molar-refractivity contribution in [3.63, 3.8) is 0 Å². The van der Waals surface area contributed by atoms with E-state index in [9.17, 15) is 9.59 Å². The van der Waals surface area contributed by atoms with E-state index >= 15 is 0 Å². The first-order valence-electron chi connectivity index (χ1n) is 5.77. The van der Waals surface area contributed by atoms with Crippen LogP contribution in [0.4, 0.5) is 0 Å². The van der Waals surface area contributed by atoms with E-state index in [0.29, 0.717) is 10.9 Å². The quantitative estimate of drug-likeness (QED) is 0.589. The number of hydrogen-bond donors (Lipinski definition) is 1. The molecule has 3 rings (SSSR count). The predicted octanol–water partition coefficient (Wildman–Crippen LogP) is 3.05. The Morgan fingerprint density at radius 3 is 2.65 bits per heavy atom. The summed E-state index contributed by atoms with van der Waals surface area (Å²) >= 11 is 5.56. The van der Waals surface area contributed by atoms with E-state index in [2.05, 4.69) is 43.5 Å². The van der Waals surface area contributed by atoms with Crippen LogP contribution in [0.25, 0.3) is 16.6 Å². The minimum Gasteiger partial charge on any atom is -0.273 e. The number of rotatable bonds is 1. The van der Waals surface area contributed by atoms with Crippen LogP contribution in [0.5, 0.6) is 0 Å². The van der Waals surface area contributed by atoms with Crippen molar-refractivity contribution < 1.29 is 0 Å². The summed E-state index contributed by atoms with van der Waals surface area (Å²) in [6.45, 7) is 0. The van der Waals surface area contributed by atoms with Crippen molar-refractivity contribution in [1.29, 1.82) is 0 Å². The Morgan fingerprint density at radius 2 is 1.90 bits per heavy atom. The molecule has 0 amide bonds. The lowest BCUT2D eigenvalue weighted by atomic mass is 10.2. The number of H-pyrrole nitrogens is 1. The smallest absolute Gasteiger partial charge is 0.273 e. The van der Waals surface area contributed by atoms with Crippen molar-refractivity contribution in [1.82, 2.24) is 9.55 Å². The first-order chi connectivity index (χ1) is 9.56. The lowest BCUT2D eigenvalue weighted by molar-refractivity contribution is 0.941. The lowest BCUT2D eigenvalue weighted by Gasteiger charge is -2.10. The molecule has 0 aliphatic heterocycles. The Bertz CT molecular complexity index is 930. The topological polar surface area (TPSA) is 54.9 Å². The van der Waals surface area contributed by atoms with Gasteiger partial charge in [0.25, 0.3) is 5.56 Å². The summed E-state index contributed by atoms with van der Waals surface area (Å²) in [7, 11) is 0. The van der Waals surface area contributed by atoms with Crippen LogP contribution in [0.3, 0.4) is 0 Å². The van der Waals surface area contributed by atoms with Gasteiger partial charge in [-0.3, -0.25) is 14.3 Å². The van der Waals surface area contributed by atoms with E-state index in [4.69, 9.17) is 0 Å². The van der Waals surface area contributed by atoms with Gasteiger partial charge in [-0.15, -0.1) is 0 Å². The zero-order valence-electron chi connectivity index (χ0n) is 10.1. The molecule has 0 radical (unpaired) electrons. The van der Waals surface area contributed by atoms with E-state index < -0.39 is 5.69 Å². The van der Waals surface area contributed by atoms with Crippen LogP contribution in [0.1, 0.15) is 0 Å². The Balaban J connectivity index is 2.49. The van der Waals surface area contributed by atoms with Crippen molar-refractivity contribution in [3.05, 3.63) is 71.3 Å². The molecule has 0 spiro atoms. The largest absolute Gasteiger partial charge is 0.333 e. The van der Waals surface area contributed by atoms with Crippen molar-refractivity contribution in [3.8, 4) is 5.69 Å². The molecule has 0 saturated heterocycles. The SMILES string of the molecule is O=c1[nH]c(=O)n(-c2cccc(I)c2)c2cc(Br)ccc12. The molecular formula is C14H8BrIN2O2. The highest BCUT2D eigenvalue weighted by molar-refractivity contribution is 14.1. The molecule has 0 atom stereocenters. The van der Waals surface area contributed by atoms with Crippen LogP contribution >= 0.6 is 38.5 Å². The first kappa shape index (κ1) is 13.6. The van der Waals surface area contributed by atoms with Gasteiger partial charge in [-0.2, -0.15) is 0 Å². The maximum Gasteiger partial charge on any atom is 0.333 e. The number of fused-ring (bicyclic) bond motifs is 1. The number of nitrogens with one attached hydrogen (secondary N) is 1. The molecule has 1 aromatic heterocycles. The normalized spacial score (nSPS) is 10.9. The average Bonchev–Trinajstić information content (AvgIpc) is 2.38. The van der Waals surface area contributed by atoms with Gasteiger partial charge in [0.1, 0.15) is 0 Å². The number of nitrogens with zero attached hydrogens (tertiary/aromatic N) is 1. The molecule has 3 aromatic rings. The number of aromatic nitrogens is 2. The molecule has 0 aliphatic carbocycles. The number of aromatic amines is 1. The number of hydrogen-bond acceptors (Lipinski definition) is 2. The van der Waals surface area contributed by atoms with E-state index in [1.54, 1.807) is 18.2 Å². The summed E-state index contributed by atoms with van der Waals surface area (Å²) in [4.78, 5) is 26.4. The van der Waals surface area contributed by atoms with Gasteiger partial charge in [0.05, 0.1) is 16.6 Å². The van der Waals surface area contributed by atoms with Gasteiger partial charge in [-0.25, -0.2) is 4.79 Å². The second kappa shape index (κ2) is 5.17. The summed E-state index contributed by atoms with van der Waals surface area (Å²) < 4.78 is 3.33. The van der Waals surface area contributed by atoms with Gasteiger partial charge >= 0.3 is 5.69 Å². The van der Waals surface area contributed by atoms with E-state index in [0.717, 1.165) is 13.7 Å². The van der Waals surface area contributed by atoms with Crippen molar-refractivity contribution in [2.45, 2.75) is 0 Å². The maximum absolute atomic E-state index is 12.2. The van der Waals surface area contributed by atoms with Crippen LogP contribution in [0.15, 0.2) is 56.5 Å². The molecule has 0 bridgehead atoms. The van der Waals surface area contributed by atoms with Gasteiger partial charge < -0.3 is 0 Å². The van der Waals surface area contributed by atoms with Gasteiger partial charge in [0.2, 0.25) is 0 Å². The summed E-state index contributed by atoms with van der Waals surface area (Å²) in [5.74, 6) is 0. The van der Waals surface area contributed by atoms with Gasteiger partial charge in [0.15, 0.2) is 0 Å². The standard InChI is InChI=1S/C14H8BrIN2O2/c15-8-4-5-11-12(6-8)18(14(20)17-13(11)19)10-3-1-2-9(16)7-10/h1-7H,(H,17,19,20). The highest BCUT2D eigenvalue weighted by Gasteiger charge is 2.09. The monoisotopic (exact) mass is 442 g/mol. The highest BCUT2D eigenvalue weighted by Crippen LogP contribution is 2.19. The molecule has 1 heterocycles. The van der Waals surface area contributed by atoms with Crippen molar-refractivity contribution >= 4 is 49.4 Å². The lowest BCUT2D eigenvalue weighted by Crippen LogP contribution is -2.29. The second-order valence-corrected chi connectivity index (χ2v) is 6.40. The van der Waals surface area contributed by atoms with E-state index in [1.807, 2.05) is 24.3 Å². The van der Waals surface area contributed by atoms with Gasteiger partial charge in [0, 0.05) is 8.04 Å². The van der Waals surface area contributed by atoms with Crippen LogP contribution in [-0.2, 0) is 0 Å². The van der Waals surface area contributed by atoms with Crippen molar-refractivity contribution in [2.24, 2.45) is 0 Å². The molecule has 1 N–H and O–H groups in total. The first-order valence-corrected chi connectivity index (χ1v) is 7.64. The average molecular weight is 443 g/mol. The fourth-order valence-corrected chi connectivity index (χ4v) is 2.96. The predicted molar refractivity (Wildman–Crippen MR) is 90.6 cm³/mol. The van der Waals surface area contributed by atoms with Gasteiger partial charge in [-0.1, -0.05) is 22.0 Å². The third-order valence-electron chi connectivity index (χ3n) is 2.94. The summed E-state index contributed by atoms with van der Waals surface area (Å²) in [5.41, 5.74) is 0.485. The Hall–Kier alpha value is -1.41. The van der Waals surface area contributed by atoms with Crippen LogP contribution < -0.4 is 11.2 Å². The second-order valence-electron chi connectivity index (χ2n) is 4.24. The molecular weight excluding hydrogens is 435 g/mol. The number of halogens is 2. The Morgan fingerprint density at radius 1 is 1.10 bits per heavy atom. The molecule has 4 nitrogen and oxygen atoms in total. The fourth-order valence-electron chi connectivity index (χ4n) is 2.08. The molecule has 0 unspecified atom stereocenters. The number of benzene rings is 2. The zero-order valence-corrected chi connectivity index (χ0v) is 13.8. The Labute approximate surface area is 135 Å². The minimum atomic E-state index is -0.442. The summed E-state index contributed by atoms with van der Waals surface area (Å²) in [5, 5.41) is 0.478. The zero-order chi connectivity index (χ0) is 14.3. The summed E-state index contributed by atoms with van der Waals surface area (Å²) in [6.07, 6.45) is 0. The van der Waals surface area contributed by atoms with Crippen LogP contribution in [0.2, 0.25) is 0 Å². The third-order valence-corrected chi connectivity index (χ3v) is 4.10. The molecule has 20 heavy (non-hydrogen) atoms. The molecule has 6 heteroatoms. The highest BCUT2D eigenvalue weighted by atomic mass is 127. The molecule has 0 aliphatic rings. The molecule has 0 fully saturated rings. The molecule has 0 saturated carbocycles. The molecule has 2 aromatic carbocycles. The van der Waals surface area contributed by atoms with Crippen molar-refractivity contribution in [2.75, 3.05) is 0 Å². The maximum atomic E-state index is 12.2. The van der Waals surface area contributed by atoms with E-state index in [-0.39, 0.29) is 5.56 Å². The third kappa shape index (κ3) is 2.33. The Kier molecular flexibility index (Phi) is 3.51. The van der Waals surface area contributed by atoms with Gasteiger partial charge in [-0.05, 0) is 59.0 Å². The minimum absolute atomic E-state index is 0.376. The van der Waals surface area contributed by atoms with Crippen LogP contribution in [-0.4, -0.2) is 9.55 Å².